The molecule has 0 aliphatic heterocycles. The molecule has 0 amide bonds. The summed E-state index contributed by atoms with van der Waals surface area (Å²) in [6.07, 6.45) is -0.474. The number of hydrogen-bond acceptors (Lipinski definition) is 4. The molecule has 0 radical (unpaired) electrons. The molecule has 0 saturated heterocycles. The van der Waals surface area contributed by atoms with Crippen LogP contribution in [0.2, 0.25) is 0 Å². The number of rotatable bonds is 1. The SMILES string of the molecule is CC1(c2noc(N)n2)CC(F)(F)C1. The second kappa shape index (κ2) is 2.18. The minimum absolute atomic E-state index is 0.0774. The molecule has 0 bridgehead atoms. The van der Waals surface area contributed by atoms with Gasteiger partial charge in [0.1, 0.15) is 0 Å². The van der Waals surface area contributed by atoms with E-state index in [0.29, 0.717) is 0 Å². The number of alkyl halides is 2. The lowest BCUT2D eigenvalue weighted by Crippen LogP contribution is -2.47. The Morgan fingerprint density at radius 1 is 1.46 bits per heavy atom. The summed E-state index contributed by atoms with van der Waals surface area (Å²) in [5.41, 5.74) is 4.52. The monoisotopic (exact) mass is 189 g/mol. The van der Waals surface area contributed by atoms with Crippen molar-refractivity contribution in [3.8, 4) is 0 Å². The minimum Gasteiger partial charge on any atom is -0.351 e. The summed E-state index contributed by atoms with van der Waals surface area (Å²) in [7, 11) is 0. The van der Waals surface area contributed by atoms with E-state index in [9.17, 15) is 8.78 Å². The Balaban J connectivity index is 2.20. The zero-order valence-electron chi connectivity index (χ0n) is 7.05. The lowest BCUT2D eigenvalue weighted by Gasteiger charge is -2.42. The van der Waals surface area contributed by atoms with Crippen molar-refractivity contribution in [3.63, 3.8) is 0 Å². The molecular weight excluding hydrogens is 180 g/mol. The molecule has 1 fully saturated rings. The van der Waals surface area contributed by atoms with Gasteiger partial charge in [0.05, 0.1) is 0 Å². The molecule has 6 heteroatoms. The maximum absolute atomic E-state index is 12.6. The molecule has 0 aromatic carbocycles. The zero-order valence-corrected chi connectivity index (χ0v) is 7.05. The molecule has 2 rings (SSSR count). The number of nitrogens with zero attached hydrogens (tertiary/aromatic N) is 2. The van der Waals surface area contributed by atoms with Gasteiger partial charge in [-0.2, -0.15) is 4.98 Å². The molecule has 4 nitrogen and oxygen atoms in total. The normalized spacial score (nSPS) is 23.9. The first-order chi connectivity index (χ1) is 5.91. The third-order valence-electron chi connectivity index (χ3n) is 2.28. The first-order valence-electron chi connectivity index (χ1n) is 3.89. The summed E-state index contributed by atoms with van der Waals surface area (Å²) in [6.45, 7) is 1.68. The van der Waals surface area contributed by atoms with Crippen LogP contribution in [0.15, 0.2) is 4.52 Å². The Bertz CT molecular complexity index is 328. The van der Waals surface area contributed by atoms with E-state index in [1.165, 1.54) is 0 Å². The predicted octanol–water partition coefficient (Wildman–Crippen LogP) is 1.34. The van der Waals surface area contributed by atoms with Crippen LogP contribution in [0.4, 0.5) is 14.8 Å². The van der Waals surface area contributed by atoms with E-state index in [0.717, 1.165) is 0 Å². The average Bonchev–Trinajstić information content (AvgIpc) is 2.31. The Hall–Kier alpha value is -1.20. The van der Waals surface area contributed by atoms with Crippen molar-refractivity contribution in [2.45, 2.75) is 31.1 Å². The number of nitrogen functional groups attached to an aromatic ring is 1. The van der Waals surface area contributed by atoms with Gasteiger partial charge < -0.3 is 10.3 Å². The van der Waals surface area contributed by atoms with Crippen molar-refractivity contribution < 1.29 is 13.3 Å². The van der Waals surface area contributed by atoms with Crippen LogP contribution in [0.3, 0.4) is 0 Å². The van der Waals surface area contributed by atoms with Crippen molar-refractivity contribution in [1.82, 2.24) is 10.1 Å². The fourth-order valence-corrected chi connectivity index (χ4v) is 1.73. The van der Waals surface area contributed by atoms with E-state index in [2.05, 4.69) is 14.7 Å². The average molecular weight is 189 g/mol. The summed E-state index contributed by atoms with van der Waals surface area (Å²) in [5.74, 6) is -2.32. The Morgan fingerprint density at radius 2 is 2.08 bits per heavy atom. The maximum Gasteiger partial charge on any atom is 0.318 e. The van der Waals surface area contributed by atoms with Crippen molar-refractivity contribution >= 4 is 6.01 Å². The summed E-state index contributed by atoms with van der Waals surface area (Å²) < 4.78 is 29.7. The second-order valence-electron chi connectivity index (χ2n) is 3.73. The fraction of sp³-hybridized carbons (Fsp3) is 0.714. The fourth-order valence-electron chi connectivity index (χ4n) is 1.73. The molecule has 1 aromatic heterocycles. The lowest BCUT2D eigenvalue weighted by molar-refractivity contribution is -0.123. The van der Waals surface area contributed by atoms with Gasteiger partial charge in [0.15, 0.2) is 5.82 Å². The molecule has 72 valence electrons. The predicted molar refractivity (Wildman–Crippen MR) is 40.2 cm³/mol. The van der Waals surface area contributed by atoms with Gasteiger partial charge in [-0.1, -0.05) is 12.1 Å². The van der Waals surface area contributed by atoms with Crippen LogP contribution in [-0.2, 0) is 5.41 Å². The number of nitrogens with two attached hydrogens (primary N) is 1. The highest BCUT2D eigenvalue weighted by Crippen LogP contribution is 2.52. The standard InChI is InChI=1S/C7H9F2N3O/c1-6(2-7(8,9)3-6)4-11-5(10)13-12-4/h2-3H2,1H3,(H2,10,11,12). The van der Waals surface area contributed by atoms with E-state index in [1.807, 2.05) is 0 Å². The summed E-state index contributed by atoms with van der Waals surface area (Å²) in [4.78, 5) is 3.74. The second-order valence-corrected chi connectivity index (χ2v) is 3.73. The molecule has 2 N–H and O–H groups in total. The maximum atomic E-state index is 12.6. The van der Waals surface area contributed by atoms with Crippen molar-refractivity contribution in [2.24, 2.45) is 0 Å². The van der Waals surface area contributed by atoms with Crippen LogP contribution in [0, 0.1) is 0 Å². The van der Waals surface area contributed by atoms with E-state index >= 15 is 0 Å². The Kier molecular flexibility index (Phi) is 1.41. The van der Waals surface area contributed by atoms with Crippen LogP contribution in [-0.4, -0.2) is 16.1 Å². The van der Waals surface area contributed by atoms with Crippen molar-refractivity contribution in [3.05, 3.63) is 5.82 Å². The van der Waals surface area contributed by atoms with Gasteiger partial charge in [-0.05, 0) is 0 Å². The number of aromatic nitrogens is 2. The van der Waals surface area contributed by atoms with Gasteiger partial charge in [-0.3, -0.25) is 0 Å². The van der Waals surface area contributed by atoms with Crippen LogP contribution < -0.4 is 5.73 Å². The molecule has 0 unspecified atom stereocenters. The highest BCUT2D eigenvalue weighted by molar-refractivity contribution is 5.19. The number of hydrogen-bond donors (Lipinski definition) is 1. The van der Waals surface area contributed by atoms with Gasteiger partial charge in [-0.25, -0.2) is 8.78 Å². The van der Waals surface area contributed by atoms with Gasteiger partial charge in [0.2, 0.25) is 5.92 Å². The van der Waals surface area contributed by atoms with E-state index in [-0.39, 0.29) is 24.7 Å². The van der Waals surface area contributed by atoms with Gasteiger partial charge in [-0.15, -0.1) is 0 Å². The minimum atomic E-state index is -2.59. The molecule has 1 saturated carbocycles. The van der Waals surface area contributed by atoms with Crippen LogP contribution in [0.1, 0.15) is 25.6 Å². The van der Waals surface area contributed by atoms with Crippen molar-refractivity contribution in [1.29, 1.82) is 0 Å². The molecular formula is C7H9F2N3O. The van der Waals surface area contributed by atoms with E-state index in [4.69, 9.17) is 5.73 Å². The summed E-state index contributed by atoms with van der Waals surface area (Å²) in [5, 5.41) is 3.53. The number of anilines is 1. The third kappa shape index (κ3) is 1.26. The molecule has 1 aliphatic carbocycles. The van der Waals surface area contributed by atoms with Crippen LogP contribution in [0.5, 0.6) is 0 Å². The van der Waals surface area contributed by atoms with Gasteiger partial charge >= 0.3 is 6.01 Å². The molecule has 1 aromatic rings. The van der Waals surface area contributed by atoms with Crippen LogP contribution >= 0.6 is 0 Å². The van der Waals surface area contributed by atoms with Crippen molar-refractivity contribution in [2.75, 3.05) is 5.73 Å². The van der Waals surface area contributed by atoms with E-state index < -0.39 is 11.3 Å². The molecule has 0 atom stereocenters. The van der Waals surface area contributed by atoms with E-state index in [1.54, 1.807) is 6.92 Å². The molecule has 1 aliphatic rings. The quantitative estimate of drug-likeness (QED) is 0.723. The highest BCUT2D eigenvalue weighted by Gasteiger charge is 2.56. The molecule has 13 heavy (non-hydrogen) atoms. The Labute approximate surface area is 73.1 Å². The molecule has 1 heterocycles. The first-order valence-corrected chi connectivity index (χ1v) is 3.89. The lowest BCUT2D eigenvalue weighted by atomic mass is 9.67. The van der Waals surface area contributed by atoms with Crippen LogP contribution in [0.25, 0.3) is 0 Å². The Morgan fingerprint density at radius 3 is 2.46 bits per heavy atom. The third-order valence-corrected chi connectivity index (χ3v) is 2.28. The smallest absolute Gasteiger partial charge is 0.318 e. The highest BCUT2D eigenvalue weighted by atomic mass is 19.3. The first kappa shape index (κ1) is 8.40. The largest absolute Gasteiger partial charge is 0.351 e. The summed E-state index contributed by atoms with van der Waals surface area (Å²) >= 11 is 0. The topological polar surface area (TPSA) is 64.9 Å². The molecule has 0 spiro atoms. The summed E-state index contributed by atoms with van der Waals surface area (Å²) in [6, 6.07) is -0.0774. The van der Waals surface area contributed by atoms with Gasteiger partial charge in [0.25, 0.3) is 0 Å². The zero-order chi connectivity index (χ0) is 9.69. The number of halogens is 2. The van der Waals surface area contributed by atoms with Gasteiger partial charge in [0, 0.05) is 18.3 Å².